The molecule has 0 aliphatic carbocycles. The molecule has 0 unspecified atom stereocenters. The lowest BCUT2D eigenvalue weighted by atomic mass is 10.2. The van der Waals surface area contributed by atoms with E-state index in [1.165, 1.54) is 17.8 Å². The highest BCUT2D eigenvalue weighted by atomic mass is 32.2. The second-order valence-corrected chi connectivity index (χ2v) is 4.57. The molecule has 0 fully saturated rings. The maximum absolute atomic E-state index is 9.77. The van der Waals surface area contributed by atoms with Crippen molar-refractivity contribution in [3.63, 3.8) is 0 Å². The van der Waals surface area contributed by atoms with Gasteiger partial charge in [0.05, 0.1) is 11.3 Å². The number of aliphatic hydroxyl groups excluding tert-OH is 1. The maximum Gasteiger partial charge on any atom is 0.124 e. The number of hydrogen-bond acceptors (Lipinski definition) is 4. The summed E-state index contributed by atoms with van der Waals surface area (Å²) < 4.78 is 5.60. The third kappa shape index (κ3) is 3.72. The molecule has 0 saturated heterocycles. The highest BCUT2D eigenvalue weighted by Crippen LogP contribution is 2.18. The summed E-state index contributed by atoms with van der Waals surface area (Å²) in [5.74, 6) is 0.890. The molecule has 0 bridgehead atoms. The number of methoxy groups -OCH3 is 1. The molecule has 2 nitrogen and oxygen atoms in total. The number of ether oxygens (including phenoxy) is 1. The van der Waals surface area contributed by atoms with Crippen LogP contribution in [0.15, 0.2) is 42.3 Å². The van der Waals surface area contributed by atoms with Crippen molar-refractivity contribution in [2.45, 2.75) is 0 Å². The topological polar surface area (TPSA) is 29.5 Å². The minimum atomic E-state index is 0.141. The van der Waals surface area contributed by atoms with E-state index in [0.29, 0.717) is 9.76 Å². The lowest BCUT2D eigenvalue weighted by Crippen LogP contribution is -1.88. The van der Waals surface area contributed by atoms with E-state index in [-0.39, 0.29) is 5.76 Å². The van der Waals surface area contributed by atoms with Crippen LogP contribution in [-0.4, -0.2) is 16.4 Å². The molecule has 84 valence electrons. The zero-order valence-corrected chi connectivity index (χ0v) is 10.5. The molecular formula is C12H12O2S2. The molecule has 0 atom stereocenters. The average Bonchev–Trinajstić information content (AvgIpc) is 2.29. The standard InChI is InChI=1S/C12H12O2S2/c1-3-16-12(15)8-11(13)9-4-6-10(14-2)7-5-9/h3-8,13H,1H2,2H3/b11-8-. The molecule has 1 aromatic carbocycles. The van der Waals surface area contributed by atoms with Crippen molar-refractivity contribution in [1.82, 2.24) is 0 Å². The molecule has 0 radical (unpaired) electrons. The van der Waals surface area contributed by atoms with Crippen molar-refractivity contribution in [3.8, 4) is 5.75 Å². The number of aliphatic hydroxyl groups is 1. The molecule has 4 heteroatoms. The van der Waals surface area contributed by atoms with Gasteiger partial charge in [0.15, 0.2) is 0 Å². The number of benzene rings is 1. The van der Waals surface area contributed by atoms with Gasteiger partial charge >= 0.3 is 0 Å². The first kappa shape index (κ1) is 12.8. The summed E-state index contributed by atoms with van der Waals surface area (Å²) in [4.78, 5) is 0. The highest BCUT2D eigenvalue weighted by molar-refractivity contribution is 8.25. The maximum atomic E-state index is 9.77. The van der Waals surface area contributed by atoms with Crippen LogP contribution in [0.25, 0.3) is 5.76 Å². The molecule has 0 amide bonds. The molecule has 1 N–H and O–H groups in total. The number of thioether (sulfide) groups is 1. The Balaban J connectivity index is 2.83. The van der Waals surface area contributed by atoms with E-state index < -0.39 is 0 Å². The fourth-order valence-electron chi connectivity index (χ4n) is 1.07. The zero-order chi connectivity index (χ0) is 12.0. The monoisotopic (exact) mass is 252 g/mol. The average molecular weight is 252 g/mol. The highest BCUT2D eigenvalue weighted by Gasteiger charge is 2.00. The molecule has 1 rings (SSSR count). The third-order valence-corrected chi connectivity index (χ3v) is 2.76. The van der Waals surface area contributed by atoms with Crippen molar-refractivity contribution < 1.29 is 9.84 Å². The van der Waals surface area contributed by atoms with E-state index in [4.69, 9.17) is 17.0 Å². The Morgan fingerprint density at radius 3 is 2.56 bits per heavy atom. The quantitative estimate of drug-likeness (QED) is 0.501. The number of rotatable bonds is 4. The van der Waals surface area contributed by atoms with Gasteiger partial charge in [-0.05, 0) is 29.7 Å². The largest absolute Gasteiger partial charge is 0.507 e. The van der Waals surface area contributed by atoms with Crippen LogP contribution >= 0.6 is 24.0 Å². The molecule has 1 aromatic rings. The lowest BCUT2D eigenvalue weighted by molar-refractivity contribution is 0.414. The Morgan fingerprint density at radius 2 is 2.06 bits per heavy atom. The number of thiocarbonyl (C=S) groups is 1. The molecule has 0 aromatic heterocycles. The van der Waals surface area contributed by atoms with Gasteiger partial charge in [-0.1, -0.05) is 30.6 Å². The summed E-state index contributed by atoms with van der Waals surface area (Å²) in [6, 6.07) is 7.10. The summed E-state index contributed by atoms with van der Waals surface area (Å²) in [6.45, 7) is 3.55. The second kappa shape index (κ2) is 6.35. The zero-order valence-electron chi connectivity index (χ0n) is 8.84. The van der Waals surface area contributed by atoms with Gasteiger partial charge in [-0.25, -0.2) is 0 Å². The van der Waals surface area contributed by atoms with Gasteiger partial charge in [-0.2, -0.15) is 0 Å². The minimum absolute atomic E-state index is 0.141. The SMILES string of the molecule is C=CSC(=S)/C=C(\O)c1ccc(OC)cc1. The van der Waals surface area contributed by atoms with Gasteiger partial charge in [0, 0.05) is 11.6 Å². The number of hydrogen-bond donors (Lipinski definition) is 1. The van der Waals surface area contributed by atoms with E-state index >= 15 is 0 Å². The Labute approximate surface area is 105 Å². The van der Waals surface area contributed by atoms with Crippen LogP contribution in [0.2, 0.25) is 0 Å². The van der Waals surface area contributed by atoms with Crippen LogP contribution < -0.4 is 4.74 Å². The van der Waals surface area contributed by atoms with Crippen molar-refractivity contribution in [2.75, 3.05) is 7.11 Å². The van der Waals surface area contributed by atoms with Crippen LogP contribution in [-0.2, 0) is 0 Å². The van der Waals surface area contributed by atoms with Crippen LogP contribution in [0.1, 0.15) is 5.56 Å². The van der Waals surface area contributed by atoms with Crippen LogP contribution in [0.5, 0.6) is 5.75 Å². The Hall–Kier alpha value is -1.26. The van der Waals surface area contributed by atoms with Crippen LogP contribution in [0, 0.1) is 0 Å². The molecular weight excluding hydrogens is 240 g/mol. The van der Waals surface area contributed by atoms with Gasteiger partial charge in [0.2, 0.25) is 0 Å². The Kier molecular flexibility index (Phi) is 5.08. The van der Waals surface area contributed by atoms with Gasteiger partial charge < -0.3 is 9.84 Å². The Morgan fingerprint density at radius 1 is 1.44 bits per heavy atom. The van der Waals surface area contributed by atoms with Crippen molar-refractivity contribution in [2.24, 2.45) is 0 Å². The second-order valence-electron chi connectivity index (χ2n) is 2.86. The van der Waals surface area contributed by atoms with Crippen molar-refractivity contribution in [3.05, 3.63) is 47.9 Å². The normalized spacial score (nSPS) is 10.9. The van der Waals surface area contributed by atoms with E-state index in [1.54, 1.807) is 36.8 Å². The van der Waals surface area contributed by atoms with Gasteiger partial charge in [0.1, 0.15) is 11.5 Å². The predicted octanol–water partition coefficient (Wildman–Crippen LogP) is 3.80. The first-order valence-electron chi connectivity index (χ1n) is 4.54. The molecule has 0 spiro atoms. The third-order valence-electron chi connectivity index (χ3n) is 1.84. The first-order chi connectivity index (χ1) is 7.67. The summed E-state index contributed by atoms with van der Waals surface area (Å²) in [5, 5.41) is 11.4. The fourth-order valence-corrected chi connectivity index (χ4v) is 1.73. The van der Waals surface area contributed by atoms with E-state index in [9.17, 15) is 5.11 Å². The summed E-state index contributed by atoms with van der Waals surface area (Å²) in [5.41, 5.74) is 0.702. The van der Waals surface area contributed by atoms with Gasteiger partial charge in [0.25, 0.3) is 0 Å². The molecule has 0 aliphatic rings. The van der Waals surface area contributed by atoms with Gasteiger partial charge in [-0.3, -0.25) is 0 Å². The molecule has 16 heavy (non-hydrogen) atoms. The Bertz CT molecular complexity index is 408. The van der Waals surface area contributed by atoms with E-state index in [0.717, 1.165) is 5.75 Å². The predicted molar refractivity (Wildman–Crippen MR) is 74.0 cm³/mol. The van der Waals surface area contributed by atoms with Crippen LogP contribution in [0.4, 0.5) is 0 Å². The summed E-state index contributed by atoms with van der Waals surface area (Å²) in [7, 11) is 1.60. The van der Waals surface area contributed by atoms with Crippen molar-refractivity contribution in [1.29, 1.82) is 0 Å². The first-order valence-corrected chi connectivity index (χ1v) is 5.82. The molecule has 0 aliphatic heterocycles. The van der Waals surface area contributed by atoms with Crippen LogP contribution in [0.3, 0.4) is 0 Å². The van der Waals surface area contributed by atoms with E-state index in [2.05, 4.69) is 6.58 Å². The molecule has 0 heterocycles. The van der Waals surface area contributed by atoms with Gasteiger partial charge in [-0.15, -0.1) is 0 Å². The smallest absolute Gasteiger partial charge is 0.124 e. The summed E-state index contributed by atoms with van der Waals surface area (Å²) >= 11 is 6.30. The summed E-state index contributed by atoms with van der Waals surface area (Å²) in [6.07, 6.45) is 1.53. The molecule has 0 saturated carbocycles. The van der Waals surface area contributed by atoms with E-state index in [1.807, 2.05) is 0 Å². The van der Waals surface area contributed by atoms with Crippen molar-refractivity contribution >= 4 is 33.9 Å². The minimum Gasteiger partial charge on any atom is -0.507 e. The lowest BCUT2D eigenvalue weighted by Gasteiger charge is -2.02. The fraction of sp³-hybridized carbons (Fsp3) is 0.0833.